The molecule has 44 nitrogen and oxygen atoms in total. The summed E-state index contributed by atoms with van der Waals surface area (Å²) < 4.78 is 0. The van der Waals surface area contributed by atoms with E-state index in [9.17, 15) is 81.5 Å². The van der Waals surface area contributed by atoms with Gasteiger partial charge in [-0.15, -0.1) is 0 Å². The number of primary amides is 5. The van der Waals surface area contributed by atoms with E-state index in [1.165, 1.54) is 69.6 Å². The van der Waals surface area contributed by atoms with Gasteiger partial charge in [0, 0.05) is 133 Å². The molecule has 0 aliphatic carbocycles. The first-order valence-corrected chi connectivity index (χ1v) is 46.2. The number of rotatable bonds is 76. The molecule has 1 rings (SSSR count). The Bertz CT molecular complexity index is 3760. The molecule has 0 radical (unpaired) electrons. The van der Waals surface area contributed by atoms with Gasteiger partial charge in [-0.3, -0.25) is 106 Å². The zero-order valence-corrected chi connectivity index (χ0v) is 78.3. The van der Waals surface area contributed by atoms with Crippen molar-refractivity contribution in [2.24, 2.45) is 146 Å². The van der Waals surface area contributed by atoms with Crippen molar-refractivity contribution in [1.29, 1.82) is 0 Å². The number of hydrogen-bond donors (Lipinski definition) is 21. The lowest BCUT2D eigenvalue weighted by Crippen LogP contribution is -2.56. The van der Waals surface area contributed by atoms with E-state index in [4.69, 9.17) is 86.0 Å². The number of aliphatic imine (C=N–C) groups is 5. The molecule has 131 heavy (non-hydrogen) atoms. The molecule has 12 atom stereocenters. The zero-order valence-electron chi connectivity index (χ0n) is 78.3. The van der Waals surface area contributed by atoms with Crippen LogP contribution in [-0.4, -0.2) is 223 Å². The van der Waals surface area contributed by atoms with Crippen LogP contribution in [0.5, 0.6) is 0 Å². The Morgan fingerprint density at radius 1 is 0.344 bits per heavy atom. The van der Waals surface area contributed by atoms with Crippen LogP contribution in [-0.2, 0) is 81.5 Å². The first-order chi connectivity index (χ1) is 61.8. The van der Waals surface area contributed by atoms with Gasteiger partial charge in [0.15, 0.2) is 52.9 Å². The van der Waals surface area contributed by atoms with Gasteiger partial charge < -0.3 is 123 Å². The van der Waals surface area contributed by atoms with Crippen molar-refractivity contribution in [3.05, 3.63) is 0 Å². The molecule has 0 aromatic rings. The van der Waals surface area contributed by atoms with E-state index in [1.54, 1.807) is 14.0 Å². The number of ketones is 6. The van der Waals surface area contributed by atoms with Gasteiger partial charge in [-0.05, 0) is 142 Å². The van der Waals surface area contributed by atoms with Gasteiger partial charge in [0.1, 0.15) is 23.7 Å². The van der Waals surface area contributed by atoms with Gasteiger partial charge in [0.25, 0.3) is 0 Å². The van der Waals surface area contributed by atoms with Crippen LogP contribution < -0.4 is 118 Å². The van der Waals surface area contributed by atoms with Gasteiger partial charge in [-0.25, -0.2) is 0 Å². The quantitative estimate of drug-likeness (QED) is 0.0193. The number of carbonyl (C=O) groups is 17. The highest BCUT2D eigenvalue weighted by atomic mass is 16.2. The first-order valence-electron chi connectivity index (χ1n) is 46.2. The van der Waals surface area contributed by atoms with E-state index in [-0.39, 0.29) is 220 Å². The molecule has 11 amide bonds. The maximum atomic E-state index is 14.6. The standard InChI is InChI=1S/C45H80N18O11.C42H79N9O6/c1-24(56-2)32(64)22-26(12-15-36(47)68)39(71)60-28(8-4-18-58-44(52)53)34(66)23-27(7-3-17-57-43(50)51)42(74)63-20-6-10-31(63)41(73)62-30(13-16-37(48)69)40(72)61-29(9-5-19-59-45(54)55)33(65)21-25(38(49)70)11-14-35(46)67;1-5-6-7-8-9-10-11-12-13-14-15-16-17-22-39(56)50-34(20-18-25-48-41(44)45)37(54)29-33(27-30(2)3)40(57)51-35(21-19-26-49-42(46)47)36(53)28-32(31(4)52)23-24-38(43)55/h24-31,56H,3-23H2,1-2H3,(H2,46,67)(H2,47,68)(H2,48,69)(H2,49,70)(H,60,71)(H,61,72)(H,62,73)(H4,50,51,57)(H4,52,53,58)(H4,54,55,59);30,32-35H,5-29H2,1-4H3,(H2,43,55)(H,50,56)(H,51,57)(H4,44,45,48)(H4,46,47,49)/t24-,25+,26+,27+,28-,29-,30-,31-;32-,33-,34+,35+/m01/s1. The van der Waals surface area contributed by atoms with Crippen molar-refractivity contribution in [3.8, 4) is 0 Å². The number of Topliss-reactive ketones (excluding diaryl/α,β-unsaturated/α-hetero) is 6. The second-order valence-corrected chi connectivity index (χ2v) is 34.3. The molecular formula is C87H159N27O17. The molecular weight excluding hydrogens is 1700 g/mol. The van der Waals surface area contributed by atoms with Crippen LogP contribution in [0.3, 0.4) is 0 Å². The average Bonchev–Trinajstić information content (AvgIpc) is 1.70. The highest BCUT2D eigenvalue weighted by Crippen LogP contribution is 2.28. The Kier molecular flexibility index (Phi) is 63.3. The van der Waals surface area contributed by atoms with Gasteiger partial charge in [0.05, 0.1) is 30.2 Å². The lowest BCUT2D eigenvalue weighted by atomic mass is 9.87. The minimum absolute atomic E-state index is 0.00703. The predicted molar refractivity (Wildman–Crippen MR) is 501 cm³/mol. The van der Waals surface area contributed by atoms with Gasteiger partial charge in [-0.2, -0.15) is 0 Å². The smallest absolute Gasteiger partial charge is 0.243 e. The summed E-state index contributed by atoms with van der Waals surface area (Å²) in [5.74, 6) is -15.6. The summed E-state index contributed by atoms with van der Waals surface area (Å²) in [7, 11) is 1.56. The summed E-state index contributed by atoms with van der Waals surface area (Å²) in [5, 5.41) is 16.5. The number of nitrogens with two attached hydrogens (primary N) is 15. The number of nitrogens with one attached hydrogen (secondary N) is 6. The molecule has 0 saturated carbocycles. The topological polar surface area (TPSA) is 818 Å². The number of unbranched alkanes of at least 4 members (excludes halogenated alkanes) is 12. The third-order valence-corrected chi connectivity index (χ3v) is 22.5. The van der Waals surface area contributed by atoms with E-state index in [0.717, 1.165) is 25.7 Å². The molecule has 44 heteroatoms. The minimum atomic E-state index is -1.49. The van der Waals surface area contributed by atoms with Crippen molar-refractivity contribution in [2.75, 3.05) is 46.3 Å². The fourth-order valence-corrected chi connectivity index (χ4v) is 15.0. The number of hydrogen-bond acceptors (Lipinski definition) is 23. The second-order valence-electron chi connectivity index (χ2n) is 34.3. The fraction of sp³-hybridized carbons (Fsp3) is 0.747. The summed E-state index contributed by atoms with van der Waals surface area (Å²) >= 11 is 0. The van der Waals surface area contributed by atoms with Crippen LogP contribution in [0.4, 0.5) is 0 Å². The molecule has 1 saturated heterocycles. The summed E-state index contributed by atoms with van der Waals surface area (Å²) in [6.07, 6.45) is 15.5. The van der Waals surface area contributed by atoms with E-state index < -0.39 is 162 Å². The molecule has 1 fully saturated rings. The number of carbonyl (C=O) groups excluding carboxylic acids is 17. The van der Waals surface area contributed by atoms with E-state index in [0.29, 0.717) is 38.5 Å². The summed E-state index contributed by atoms with van der Waals surface area (Å²) in [4.78, 5) is 244. The maximum absolute atomic E-state index is 14.6. The second kappa shape index (κ2) is 69.4. The first kappa shape index (κ1) is 120. The van der Waals surface area contributed by atoms with Gasteiger partial charge in [-0.1, -0.05) is 97.8 Å². The van der Waals surface area contributed by atoms with Crippen molar-refractivity contribution < 1.29 is 81.5 Å². The number of likely N-dealkylation sites (tertiary alicyclic amines) is 1. The van der Waals surface area contributed by atoms with Crippen molar-refractivity contribution >= 4 is 129 Å². The number of nitrogens with zero attached hydrogens (tertiary/aromatic N) is 6. The maximum Gasteiger partial charge on any atom is 0.243 e. The highest BCUT2D eigenvalue weighted by Gasteiger charge is 2.41. The van der Waals surface area contributed by atoms with Crippen molar-refractivity contribution in [3.63, 3.8) is 0 Å². The van der Waals surface area contributed by atoms with Crippen LogP contribution >= 0.6 is 0 Å². The molecule has 0 bridgehead atoms. The zero-order chi connectivity index (χ0) is 99.1. The van der Waals surface area contributed by atoms with Crippen LogP contribution in [0.2, 0.25) is 0 Å². The highest BCUT2D eigenvalue weighted by molar-refractivity contribution is 6.00. The average molecular weight is 1860 g/mol. The lowest BCUT2D eigenvalue weighted by molar-refractivity contribution is -0.144. The molecule has 0 spiro atoms. The van der Waals surface area contributed by atoms with Crippen molar-refractivity contribution in [1.82, 2.24) is 36.8 Å². The SMILES string of the molecule is CCCCCCCCCCCCCCCC(=O)N[C@@H](CCCN=C(N)N)C(=O)C[C@@H](CC(C)C)C(=O)N[C@@H](CCCN=C(N)N)C(=O)C[C@@H](CCC(N)=O)C(C)=O.CN[C@@H](C)C(=O)C[C@@H](CCC(N)=O)C(=O)N[C@@H](CCCN=C(N)N)C(=O)C[C@@H](CCCN=C(N)N)C(=O)N1CCC[C@H]1C(=O)N[C@@H](CCC(N)=O)C(=O)N[C@@H](CCCN=C(N)N)C(=O)C[C@@H](CCC(N)=O)C(N)=O. The lowest BCUT2D eigenvalue weighted by Gasteiger charge is -2.30. The molecule has 1 aliphatic heterocycles. The molecule has 1 aliphatic rings. The molecule has 36 N–H and O–H groups in total. The van der Waals surface area contributed by atoms with Crippen LogP contribution in [0.1, 0.15) is 291 Å². The Morgan fingerprint density at radius 3 is 1.06 bits per heavy atom. The van der Waals surface area contributed by atoms with Gasteiger partial charge in [0.2, 0.25) is 65.0 Å². The fourth-order valence-electron chi connectivity index (χ4n) is 15.0. The van der Waals surface area contributed by atoms with Gasteiger partial charge >= 0.3 is 0 Å². The molecule has 1 heterocycles. The number of guanidine groups is 5. The summed E-state index contributed by atoms with van der Waals surface area (Å²) in [6.45, 7) is 9.78. The summed E-state index contributed by atoms with van der Waals surface area (Å²) in [6, 6.07) is -7.68. The third-order valence-electron chi connectivity index (χ3n) is 22.5. The Hall–Kier alpha value is -11.5. The monoisotopic (exact) mass is 1850 g/mol. The molecule has 0 aromatic carbocycles. The molecule has 0 aromatic heterocycles. The normalized spacial score (nSPS) is 14.7. The number of likely N-dealkylation sites (N-methyl/N-ethyl adjacent to an activating group) is 1. The Balaban J connectivity index is 0.00000267. The predicted octanol–water partition coefficient (Wildman–Crippen LogP) is -1.20. The Labute approximate surface area is 771 Å². The van der Waals surface area contributed by atoms with E-state index in [2.05, 4.69) is 63.8 Å². The van der Waals surface area contributed by atoms with Crippen LogP contribution in [0.25, 0.3) is 0 Å². The minimum Gasteiger partial charge on any atom is -0.370 e. The van der Waals surface area contributed by atoms with Crippen molar-refractivity contribution in [2.45, 2.75) is 334 Å². The van der Waals surface area contributed by atoms with Crippen LogP contribution in [0.15, 0.2) is 25.0 Å². The molecule has 0 unspecified atom stereocenters. The van der Waals surface area contributed by atoms with E-state index in [1.807, 2.05) is 13.8 Å². The number of amides is 11. The van der Waals surface area contributed by atoms with Crippen LogP contribution in [0, 0.1) is 35.5 Å². The molecule has 744 valence electrons. The Morgan fingerprint density at radius 2 is 0.679 bits per heavy atom. The summed E-state index contributed by atoms with van der Waals surface area (Å²) in [5.41, 5.74) is 81.6. The largest absolute Gasteiger partial charge is 0.370 e. The van der Waals surface area contributed by atoms with E-state index >= 15 is 0 Å². The third kappa shape index (κ3) is 58.0.